The highest BCUT2D eigenvalue weighted by atomic mass is 35.5. The van der Waals surface area contributed by atoms with Gasteiger partial charge in [-0.1, -0.05) is 23.7 Å². The molecule has 1 aromatic carbocycles. The SMILES string of the molecule is CCOC(=O)[C@@H]1C(c2cccc(Cl)c2)[C@H](C(=O)OCC)[C@@](O)(C(F)(F)F)N[C@]1(O)C(F)(F)F. The molecule has 0 bridgehead atoms. The van der Waals surface area contributed by atoms with E-state index in [1.165, 1.54) is 19.9 Å². The van der Waals surface area contributed by atoms with Crippen LogP contribution in [0.25, 0.3) is 0 Å². The van der Waals surface area contributed by atoms with E-state index in [1.54, 1.807) is 0 Å². The molecule has 3 N–H and O–H groups in total. The molecule has 0 radical (unpaired) electrons. The smallest absolute Gasteiger partial charge is 0.432 e. The average molecular weight is 508 g/mol. The maximum atomic E-state index is 14.0. The predicted octanol–water partition coefficient (Wildman–Crippen LogP) is 2.89. The van der Waals surface area contributed by atoms with Crippen LogP contribution in [-0.4, -0.2) is 59.2 Å². The summed E-state index contributed by atoms with van der Waals surface area (Å²) in [6, 6.07) is 4.28. The number of aliphatic hydroxyl groups is 2. The summed E-state index contributed by atoms with van der Waals surface area (Å²) in [4.78, 5) is 25.3. The van der Waals surface area contributed by atoms with E-state index in [4.69, 9.17) is 11.6 Å². The van der Waals surface area contributed by atoms with Crippen LogP contribution in [0.1, 0.15) is 25.3 Å². The Morgan fingerprint density at radius 1 is 0.970 bits per heavy atom. The minimum atomic E-state index is -5.94. The fourth-order valence-electron chi connectivity index (χ4n) is 3.85. The summed E-state index contributed by atoms with van der Waals surface area (Å²) < 4.78 is 93.3. The molecular weight excluding hydrogens is 488 g/mol. The van der Waals surface area contributed by atoms with E-state index in [-0.39, 0.29) is 5.02 Å². The van der Waals surface area contributed by atoms with Crippen molar-refractivity contribution < 1.29 is 55.6 Å². The Labute approximate surface area is 188 Å². The maximum Gasteiger partial charge on any atom is 0.432 e. The number of esters is 2. The van der Waals surface area contributed by atoms with E-state index in [0.717, 1.165) is 18.2 Å². The van der Waals surface area contributed by atoms with Gasteiger partial charge in [-0.15, -0.1) is 0 Å². The summed E-state index contributed by atoms with van der Waals surface area (Å²) in [5.41, 5.74) is -9.82. The van der Waals surface area contributed by atoms with Gasteiger partial charge in [-0.3, -0.25) is 9.59 Å². The topological polar surface area (TPSA) is 105 Å². The highest BCUT2D eigenvalue weighted by molar-refractivity contribution is 6.30. The van der Waals surface area contributed by atoms with Gasteiger partial charge in [0, 0.05) is 10.9 Å². The minimum Gasteiger partial charge on any atom is -0.466 e. The number of rotatable bonds is 5. The van der Waals surface area contributed by atoms with Gasteiger partial charge in [0.25, 0.3) is 0 Å². The Bertz CT molecular complexity index is 848. The van der Waals surface area contributed by atoms with Gasteiger partial charge in [-0.05, 0) is 31.5 Å². The second-order valence-electron chi connectivity index (χ2n) is 7.19. The molecule has 1 heterocycles. The molecule has 1 unspecified atom stereocenters. The van der Waals surface area contributed by atoms with Gasteiger partial charge < -0.3 is 19.7 Å². The Morgan fingerprint density at radius 3 is 1.73 bits per heavy atom. The highest BCUT2D eigenvalue weighted by Gasteiger charge is 2.78. The zero-order chi connectivity index (χ0) is 25.4. The van der Waals surface area contributed by atoms with Gasteiger partial charge in [0.05, 0.1) is 13.2 Å². The van der Waals surface area contributed by atoms with E-state index in [1.807, 2.05) is 0 Å². The van der Waals surface area contributed by atoms with Gasteiger partial charge in [0.2, 0.25) is 11.4 Å². The van der Waals surface area contributed by atoms with Gasteiger partial charge in [0.15, 0.2) is 0 Å². The zero-order valence-electron chi connectivity index (χ0n) is 17.1. The third-order valence-corrected chi connectivity index (χ3v) is 5.41. The molecule has 0 aromatic heterocycles. The number of nitrogens with one attached hydrogen (secondary N) is 1. The zero-order valence-corrected chi connectivity index (χ0v) is 17.9. The van der Waals surface area contributed by atoms with Gasteiger partial charge in [-0.2, -0.15) is 26.3 Å². The lowest BCUT2D eigenvalue weighted by Gasteiger charge is -2.54. The van der Waals surface area contributed by atoms with Crippen LogP contribution in [0.4, 0.5) is 26.3 Å². The van der Waals surface area contributed by atoms with E-state index >= 15 is 0 Å². The van der Waals surface area contributed by atoms with E-state index in [9.17, 15) is 46.1 Å². The fraction of sp³-hybridized carbons (Fsp3) is 0.579. The number of hydrogen-bond acceptors (Lipinski definition) is 7. The number of alkyl halides is 6. The number of ether oxygens (including phenoxy) is 2. The molecule has 1 aliphatic rings. The summed E-state index contributed by atoms with van der Waals surface area (Å²) >= 11 is 5.85. The van der Waals surface area contributed by atoms with Crippen LogP contribution in [0.2, 0.25) is 5.02 Å². The first-order chi connectivity index (χ1) is 15.0. The third kappa shape index (κ3) is 4.77. The third-order valence-electron chi connectivity index (χ3n) is 5.18. The molecule has 1 saturated heterocycles. The second-order valence-corrected chi connectivity index (χ2v) is 7.63. The molecular formula is C19H20ClF6NO6. The van der Waals surface area contributed by atoms with Crippen LogP contribution < -0.4 is 5.32 Å². The number of piperidine rings is 1. The van der Waals surface area contributed by atoms with E-state index in [2.05, 4.69) is 9.47 Å². The van der Waals surface area contributed by atoms with Crippen LogP contribution >= 0.6 is 11.6 Å². The van der Waals surface area contributed by atoms with Crippen molar-refractivity contribution in [3.63, 3.8) is 0 Å². The van der Waals surface area contributed by atoms with Crippen LogP contribution in [0.3, 0.4) is 0 Å². The number of carbonyl (C=O) groups excluding carboxylic acids is 2. The monoisotopic (exact) mass is 507 g/mol. The molecule has 0 aliphatic carbocycles. The van der Waals surface area contributed by atoms with Crippen molar-refractivity contribution in [2.24, 2.45) is 11.8 Å². The molecule has 1 fully saturated rings. The van der Waals surface area contributed by atoms with Crippen molar-refractivity contribution >= 4 is 23.5 Å². The molecule has 5 atom stereocenters. The van der Waals surface area contributed by atoms with Gasteiger partial charge in [-0.25, -0.2) is 5.32 Å². The normalized spacial score (nSPS) is 30.6. The molecule has 0 spiro atoms. The van der Waals surface area contributed by atoms with Crippen LogP contribution in [0.5, 0.6) is 0 Å². The molecule has 186 valence electrons. The summed E-state index contributed by atoms with van der Waals surface area (Å²) in [5.74, 6) is -11.7. The van der Waals surface area contributed by atoms with Crippen molar-refractivity contribution in [2.45, 2.75) is 43.6 Å². The van der Waals surface area contributed by atoms with Crippen molar-refractivity contribution in [1.29, 1.82) is 0 Å². The van der Waals surface area contributed by atoms with Crippen LogP contribution in [-0.2, 0) is 19.1 Å². The fourth-order valence-corrected chi connectivity index (χ4v) is 4.05. The number of benzene rings is 1. The maximum absolute atomic E-state index is 14.0. The standard InChI is InChI=1S/C19H20ClF6NO6/c1-3-32-14(28)12-11(9-6-5-7-10(20)8-9)13(15(29)33-4-2)17(31,19(24,25)26)27-16(12,30)18(21,22)23/h5-8,11-13,27,30-31H,3-4H2,1-2H3/t11?,12-,13+,16-,17-/m1/s1. The Kier molecular flexibility index (Phi) is 7.63. The molecule has 2 rings (SSSR count). The second kappa shape index (κ2) is 9.28. The summed E-state index contributed by atoms with van der Waals surface area (Å²) in [6.45, 7) is 1.42. The number of carbonyl (C=O) groups is 2. The Balaban J connectivity index is 2.97. The summed E-state index contributed by atoms with van der Waals surface area (Å²) in [5, 5.41) is 21.6. The predicted molar refractivity (Wildman–Crippen MR) is 99.6 cm³/mol. The van der Waals surface area contributed by atoms with Crippen molar-refractivity contribution in [3.05, 3.63) is 34.9 Å². The molecule has 0 saturated carbocycles. The molecule has 0 amide bonds. The van der Waals surface area contributed by atoms with Crippen molar-refractivity contribution in [1.82, 2.24) is 5.32 Å². The Hall–Kier alpha value is -2.09. The highest BCUT2D eigenvalue weighted by Crippen LogP contribution is 2.55. The van der Waals surface area contributed by atoms with Gasteiger partial charge in [0.1, 0.15) is 11.8 Å². The first kappa shape index (κ1) is 27.2. The lowest BCUT2D eigenvalue weighted by atomic mass is 9.64. The molecule has 1 aliphatic heterocycles. The Morgan fingerprint density at radius 2 is 1.39 bits per heavy atom. The lowest BCUT2D eigenvalue weighted by Crippen LogP contribution is -2.81. The largest absolute Gasteiger partial charge is 0.466 e. The molecule has 7 nitrogen and oxygen atoms in total. The van der Waals surface area contributed by atoms with Crippen molar-refractivity contribution in [2.75, 3.05) is 13.2 Å². The quantitative estimate of drug-likeness (QED) is 0.416. The summed E-state index contributed by atoms with van der Waals surface area (Å²) in [6.07, 6.45) is -11.9. The lowest BCUT2D eigenvalue weighted by molar-refractivity contribution is -0.376. The van der Waals surface area contributed by atoms with Crippen molar-refractivity contribution in [3.8, 4) is 0 Å². The summed E-state index contributed by atoms with van der Waals surface area (Å²) in [7, 11) is 0. The molecule has 33 heavy (non-hydrogen) atoms. The molecule has 14 heteroatoms. The first-order valence-corrected chi connectivity index (χ1v) is 9.89. The van der Waals surface area contributed by atoms with Gasteiger partial charge >= 0.3 is 24.3 Å². The number of hydrogen-bond donors (Lipinski definition) is 3. The molecule has 1 aromatic rings. The van der Waals surface area contributed by atoms with Crippen LogP contribution in [0, 0.1) is 11.8 Å². The van der Waals surface area contributed by atoms with E-state index < -0.39 is 72.3 Å². The average Bonchev–Trinajstić information content (AvgIpc) is 2.65. The number of halogens is 7. The van der Waals surface area contributed by atoms with Crippen LogP contribution in [0.15, 0.2) is 24.3 Å². The minimum absolute atomic E-state index is 0.164. The van der Waals surface area contributed by atoms with E-state index in [0.29, 0.717) is 5.32 Å². The first-order valence-electron chi connectivity index (χ1n) is 9.51.